The van der Waals surface area contributed by atoms with Crippen LogP contribution in [0.1, 0.15) is 13.8 Å². The second-order valence-electron chi connectivity index (χ2n) is 5.06. The number of nitrogens with one attached hydrogen (secondary N) is 1. The molecule has 1 aromatic carbocycles. The van der Waals surface area contributed by atoms with E-state index in [1.54, 1.807) is 19.1 Å². The Hall–Kier alpha value is -1.38. The maximum atomic E-state index is 12.7. The Morgan fingerprint density at radius 2 is 2.26 bits per heavy atom. The van der Waals surface area contributed by atoms with Gasteiger partial charge in [-0.1, -0.05) is 27.7 Å². The van der Waals surface area contributed by atoms with Crippen molar-refractivity contribution in [3.05, 3.63) is 33.0 Å². The number of hydrogen-bond donors (Lipinski definition) is 2. The number of carbonyl (C=O) groups excluding carboxylic acids is 1. The number of thioether (sulfide) groups is 1. The van der Waals surface area contributed by atoms with E-state index in [2.05, 4.69) is 26.2 Å². The zero-order chi connectivity index (χ0) is 17.0. The van der Waals surface area contributed by atoms with Gasteiger partial charge >= 0.3 is 0 Å². The van der Waals surface area contributed by atoms with E-state index in [1.165, 1.54) is 16.3 Å². The van der Waals surface area contributed by atoms with Gasteiger partial charge in [0, 0.05) is 11.0 Å². The number of aliphatic hydroxyl groups is 1. The van der Waals surface area contributed by atoms with Crippen molar-refractivity contribution in [2.75, 3.05) is 12.3 Å². The Kier molecular flexibility index (Phi) is 6.20. The molecule has 124 valence electrons. The first-order chi connectivity index (χ1) is 10.9. The van der Waals surface area contributed by atoms with Crippen molar-refractivity contribution in [1.82, 2.24) is 14.9 Å². The van der Waals surface area contributed by atoms with Crippen LogP contribution in [-0.4, -0.2) is 39.0 Å². The third kappa shape index (κ3) is 4.55. The topological polar surface area (TPSA) is 84.2 Å². The Morgan fingerprint density at radius 1 is 1.52 bits per heavy atom. The van der Waals surface area contributed by atoms with Crippen LogP contribution in [0.4, 0.5) is 0 Å². The van der Waals surface area contributed by atoms with Gasteiger partial charge in [-0.2, -0.15) is 0 Å². The molecule has 6 nitrogen and oxygen atoms in total. The molecular formula is C15H18BrN3O3S. The highest BCUT2D eigenvalue weighted by Gasteiger charge is 2.14. The SMILES string of the molecule is CCNC(=O)CSc1nc2ccc(Br)cc2c(=O)n1C[C@@H](C)O. The molecule has 0 bridgehead atoms. The first kappa shape index (κ1) is 18.0. The molecule has 0 aliphatic heterocycles. The van der Waals surface area contributed by atoms with Crippen molar-refractivity contribution < 1.29 is 9.90 Å². The maximum absolute atomic E-state index is 12.7. The average molecular weight is 400 g/mol. The monoisotopic (exact) mass is 399 g/mol. The fraction of sp³-hybridized carbons (Fsp3) is 0.400. The first-order valence-electron chi connectivity index (χ1n) is 7.20. The molecular weight excluding hydrogens is 382 g/mol. The van der Waals surface area contributed by atoms with Gasteiger partial charge in [-0.05, 0) is 32.0 Å². The zero-order valence-electron chi connectivity index (χ0n) is 12.9. The van der Waals surface area contributed by atoms with E-state index < -0.39 is 6.10 Å². The van der Waals surface area contributed by atoms with Gasteiger partial charge in [0.2, 0.25) is 5.91 Å². The third-order valence-electron chi connectivity index (χ3n) is 3.03. The fourth-order valence-electron chi connectivity index (χ4n) is 2.09. The summed E-state index contributed by atoms with van der Waals surface area (Å²) in [5, 5.41) is 13.3. The molecule has 0 aliphatic carbocycles. The predicted octanol–water partition coefficient (Wildman–Crippen LogP) is 1.77. The number of rotatable bonds is 6. The number of carbonyl (C=O) groups is 1. The molecule has 0 saturated heterocycles. The molecule has 0 aliphatic rings. The average Bonchev–Trinajstić information content (AvgIpc) is 2.49. The number of aromatic nitrogens is 2. The number of fused-ring (bicyclic) bond motifs is 1. The summed E-state index contributed by atoms with van der Waals surface area (Å²) in [7, 11) is 0. The lowest BCUT2D eigenvalue weighted by Gasteiger charge is -2.14. The molecule has 1 aromatic heterocycles. The first-order valence-corrected chi connectivity index (χ1v) is 8.98. The van der Waals surface area contributed by atoms with Crippen LogP contribution in [-0.2, 0) is 11.3 Å². The van der Waals surface area contributed by atoms with Crippen LogP contribution in [0.25, 0.3) is 10.9 Å². The van der Waals surface area contributed by atoms with Gasteiger partial charge in [-0.15, -0.1) is 0 Å². The van der Waals surface area contributed by atoms with Crippen LogP contribution in [0.2, 0.25) is 0 Å². The molecule has 0 radical (unpaired) electrons. The number of halogens is 1. The standard InChI is InChI=1S/C15H18BrN3O3S/c1-3-17-13(21)8-23-15-18-12-5-4-10(16)6-11(12)14(22)19(15)7-9(2)20/h4-6,9,20H,3,7-8H2,1-2H3,(H,17,21)/t9-/m1/s1. The van der Waals surface area contributed by atoms with Gasteiger partial charge in [0.25, 0.3) is 5.56 Å². The number of hydrogen-bond acceptors (Lipinski definition) is 5. The molecule has 2 N–H and O–H groups in total. The van der Waals surface area contributed by atoms with Gasteiger partial charge in [0.15, 0.2) is 5.16 Å². The van der Waals surface area contributed by atoms with E-state index in [0.717, 1.165) is 4.47 Å². The highest BCUT2D eigenvalue weighted by atomic mass is 79.9. The minimum absolute atomic E-state index is 0.119. The van der Waals surface area contributed by atoms with Gasteiger partial charge < -0.3 is 10.4 Å². The summed E-state index contributed by atoms with van der Waals surface area (Å²) >= 11 is 4.53. The number of nitrogens with zero attached hydrogens (tertiary/aromatic N) is 2. The molecule has 2 aromatic rings. The van der Waals surface area contributed by atoms with E-state index in [9.17, 15) is 14.7 Å². The normalized spacial score (nSPS) is 12.3. The lowest BCUT2D eigenvalue weighted by molar-refractivity contribution is -0.118. The van der Waals surface area contributed by atoms with Gasteiger partial charge in [-0.3, -0.25) is 14.2 Å². The van der Waals surface area contributed by atoms with Gasteiger partial charge in [0.1, 0.15) is 0 Å². The van der Waals surface area contributed by atoms with E-state index >= 15 is 0 Å². The van der Waals surface area contributed by atoms with Crippen LogP contribution in [0.15, 0.2) is 32.6 Å². The third-order valence-corrected chi connectivity index (χ3v) is 4.50. The van der Waals surface area contributed by atoms with Crippen LogP contribution < -0.4 is 10.9 Å². The quantitative estimate of drug-likeness (QED) is 0.571. The summed E-state index contributed by atoms with van der Waals surface area (Å²) in [6.07, 6.45) is -0.692. The number of aliphatic hydroxyl groups excluding tert-OH is 1. The predicted molar refractivity (Wildman–Crippen MR) is 94.8 cm³/mol. The molecule has 2 rings (SSSR count). The Bertz CT molecular complexity index is 776. The van der Waals surface area contributed by atoms with Crippen LogP contribution in [0.5, 0.6) is 0 Å². The molecule has 23 heavy (non-hydrogen) atoms. The van der Waals surface area contributed by atoms with Crippen molar-refractivity contribution in [3.8, 4) is 0 Å². The summed E-state index contributed by atoms with van der Waals surface area (Å²) in [5.41, 5.74) is 0.342. The second-order valence-corrected chi connectivity index (χ2v) is 6.92. The molecule has 0 unspecified atom stereocenters. The number of benzene rings is 1. The van der Waals surface area contributed by atoms with Crippen molar-refractivity contribution in [2.24, 2.45) is 0 Å². The molecule has 8 heteroatoms. The smallest absolute Gasteiger partial charge is 0.262 e. The highest BCUT2D eigenvalue weighted by molar-refractivity contribution is 9.10. The van der Waals surface area contributed by atoms with Crippen LogP contribution >= 0.6 is 27.7 Å². The summed E-state index contributed by atoms with van der Waals surface area (Å²) in [6, 6.07) is 5.27. The van der Waals surface area contributed by atoms with Gasteiger partial charge in [0.05, 0.1) is 29.3 Å². The summed E-state index contributed by atoms with van der Waals surface area (Å²) in [6.45, 7) is 4.14. The van der Waals surface area contributed by atoms with Crippen LogP contribution in [0.3, 0.4) is 0 Å². The zero-order valence-corrected chi connectivity index (χ0v) is 15.3. The lowest BCUT2D eigenvalue weighted by Crippen LogP contribution is -2.29. The van der Waals surface area contributed by atoms with E-state index in [0.29, 0.717) is 22.6 Å². The van der Waals surface area contributed by atoms with E-state index in [4.69, 9.17) is 0 Å². The molecule has 1 heterocycles. The van der Waals surface area contributed by atoms with Crippen molar-refractivity contribution in [2.45, 2.75) is 31.7 Å². The summed E-state index contributed by atoms with van der Waals surface area (Å²) in [4.78, 5) is 28.8. The van der Waals surface area contributed by atoms with E-state index in [1.807, 2.05) is 13.0 Å². The van der Waals surface area contributed by atoms with Crippen LogP contribution in [0, 0.1) is 0 Å². The summed E-state index contributed by atoms with van der Waals surface area (Å²) < 4.78 is 2.21. The Balaban J connectivity index is 2.46. The molecule has 0 spiro atoms. The Morgan fingerprint density at radius 3 is 2.91 bits per heavy atom. The van der Waals surface area contributed by atoms with Crippen molar-refractivity contribution in [3.63, 3.8) is 0 Å². The molecule has 0 saturated carbocycles. The number of amides is 1. The second kappa shape index (κ2) is 7.94. The largest absolute Gasteiger partial charge is 0.392 e. The molecule has 1 atom stereocenters. The fourth-order valence-corrected chi connectivity index (χ4v) is 3.29. The van der Waals surface area contributed by atoms with Crippen molar-refractivity contribution in [1.29, 1.82) is 0 Å². The minimum Gasteiger partial charge on any atom is -0.392 e. The minimum atomic E-state index is -0.692. The van der Waals surface area contributed by atoms with E-state index in [-0.39, 0.29) is 23.8 Å². The van der Waals surface area contributed by atoms with Crippen molar-refractivity contribution >= 4 is 44.5 Å². The molecule has 1 amide bonds. The maximum Gasteiger partial charge on any atom is 0.262 e. The Labute approximate surface area is 146 Å². The summed E-state index contributed by atoms with van der Waals surface area (Å²) in [5.74, 6) is 0.0496. The molecule has 0 fully saturated rings. The highest BCUT2D eigenvalue weighted by Crippen LogP contribution is 2.20. The lowest BCUT2D eigenvalue weighted by atomic mass is 10.2. The van der Waals surface area contributed by atoms with Gasteiger partial charge in [-0.25, -0.2) is 4.98 Å².